The second-order valence-corrected chi connectivity index (χ2v) is 6.16. The summed E-state index contributed by atoms with van der Waals surface area (Å²) < 4.78 is 11.4. The highest BCUT2D eigenvalue weighted by Crippen LogP contribution is 2.30. The fourth-order valence-corrected chi connectivity index (χ4v) is 3.08. The summed E-state index contributed by atoms with van der Waals surface area (Å²) in [5.74, 6) is 0. The summed E-state index contributed by atoms with van der Waals surface area (Å²) in [5, 5.41) is 3.99. The number of benzene rings is 1. The number of hydrogen-bond donors (Lipinski definition) is 1. The van der Waals surface area contributed by atoms with Crippen molar-refractivity contribution >= 4 is 27.7 Å². The molecular weight excluding hydrogens is 340 g/mol. The number of aryl methyl sites for hydroxylation is 1. The Morgan fingerprint density at radius 2 is 2.30 bits per heavy atom. The Morgan fingerprint density at radius 1 is 1.45 bits per heavy atom. The highest BCUT2D eigenvalue weighted by atomic mass is 79.9. The smallest absolute Gasteiger partial charge is 0.260 e. The van der Waals surface area contributed by atoms with Crippen LogP contribution < -0.4 is 5.32 Å². The van der Waals surface area contributed by atoms with Crippen LogP contribution >= 0.6 is 27.7 Å². The van der Waals surface area contributed by atoms with Gasteiger partial charge in [-0.2, -0.15) is 0 Å². The maximum Gasteiger partial charge on any atom is 0.260 e. The first-order chi connectivity index (χ1) is 9.69. The molecule has 0 aliphatic heterocycles. The minimum Gasteiger partial charge on any atom is -0.439 e. The second-order valence-electron chi connectivity index (χ2n) is 4.28. The zero-order chi connectivity index (χ0) is 14.4. The van der Waals surface area contributed by atoms with Crippen molar-refractivity contribution in [1.82, 2.24) is 10.3 Å². The lowest BCUT2D eigenvalue weighted by Crippen LogP contribution is -2.18. The Hall–Kier alpha value is -0.820. The van der Waals surface area contributed by atoms with E-state index in [-0.39, 0.29) is 0 Å². The van der Waals surface area contributed by atoms with Gasteiger partial charge in [0.05, 0.1) is 12.3 Å². The van der Waals surface area contributed by atoms with E-state index in [1.807, 2.05) is 6.92 Å². The average molecular weight is 357 g/mol. The van der Waals surface area contributed by atoms with E-state index in [0.717, 1.165) is 34.8 Å². The van der Waals surface area contributed by atoms with Gasteiger partial charge in [0.1, 0.15) is 6.26 Å². The van der Waals surface area contributed by atoms with Crippen molar-refractivity contribution in [3.8, 4) is 0 Å². The van der Waals surface area contributed by atoms with Crippen molar-refractivity contribution in [2.75, 3.05) is 20.3 Å². The summed E-state index contributed by atoms with van der Waals surface area (Å²) in [6.07, 6.45) is 1.66. The molecular formula is C14H17BrN2O2S. The fraction of sp³-hybridized carbons (Fsp3) is 0.357. The number of halogens is 1. The minimum atomic E-state index is 0.667. The van der Waals surface area contributed by atoms with E-state index >= 15 is 0 Å². The van der Waals surface area contributed by atoms with Gasteiger partial charge in [-0.05, 0) is 36.4 Å². The molecule has 20 heavy (non-hydrogen) atoms. The third-order valence-corrected chi connectivity index (χ3v) is 4.22. The van der Waals surface area contributed by atoms with Crippen molar-refractivity contribution in [3.05, 3.63) is 40.2 Å². The molecule has 0 aliphatic rings. The third kappa shape index (κ3) is 4.63. The highest BCUT2D eigenvalue weighted by Gasteiger charge is 2.06. The molecule has 0 atom stereocenters. The first kappa shape index (κ1) is 15.6. The maximum absolute atomic E-state index is 5.34. The van der Waals surface area contributed by atoms with E-state index in [1.54, 1.807) is 13.4 Å². The van der Waals surface area contributed by atoms with Crippen LogP contribution in [-0.4, -0.2) is 25.2 Å². The summed E-state index contributed by atoms with van der Waals surface area (Å²) in [6, 6.07) is 6.25. The van der Waals surface area contributed by atoms with Crippen molar-refractivity contribution in [2.45, 2.75) is 23.6 Å². The van der Waals surface area contributed by atoms with Crippen molar-refractivity contribution in [3.63, 3.8) is 0 Å². The second kappa shape index (κ2) is 7.83. The van der Waals surface area contributed by atoms with E-state index in [4.69, 9.17) is 9.15 Å². The summed E-state index contributed by atoms with van der Waals surface area (Å²) in [5.41, 5.74) is 2.11. The highest BCUT2D eigenvalue weighted by molar-refractivity contribution is 9.10. The molecule has 0 saturated carbocycles. The fourth-order valence-electron chi connectivity index (χ4n) is 1.61. The van der Waals surface area contributed by atoms with Crippen LogP contribution in [0.15, 0.2) is 43.5 Å². The molecule has 6 heteroatoms. The van der Waals surface area contributed by atoms with Crippen molar-refractivity contribution in [1.29, 1.82) is 0 Å². The van der Waals surface area contributed by atoms with Crippen LogP contribution in [0, 0.1) is 6.92 Å². The van der Waals surface area contributed by atoms with Gasteiger partial charge in [0.2, 0.25) is 0 Å². The van der Waals surface area contributed by atoms with Crippen molar-refractivity contribution in [2.24, 2.45) is 0 Å². The van der Waals surface area contributed by atoms with Crippen LogP contribution in [0.25, 0.3) is 0 Å². The minimum absolute atomic E-state index is 0.667. The molecule has 0 radical (unpaired) electrons. The maximum atomic E-state index is 5.34. The Balaban J connectivity index is 1.94. The average Bonchev–Trinajstić information content (AvgIpc) is 2.82. The van der Waals surface area contributed by atoms with Gasteiger partial charge in [0.15, 0.2) is 0 Å². The largest absolute Gasteiger partial charge is 0.439 e. The van der Waals surface area contributed by atoms with E-state index in [1.165, 1.54) is 17.3 Å². The molecule has 0 bridgehead atoms. The molecule has 1 aromatic carbocycles. The van der Waals surface area contributed by atoms with Gasteiger partial charge >= 0.3 is 0 Å². The molecule has 0 amide bonds. The van der Waals surface area contributed by atoms with E-state index < -0.39 is 0 Å². The van der Waals surface area contributed by atoms with Crippen LogP contribution in [0.2, 0.25) is 0 Å². The molecule has 0 saturated heterocycles. The summed E-state index contributed by atoms with van der Waals surface area (Å²) >= 11 is 5.11. The monoisotopic (exact) mass is 356 g/mol. The lowest BCUT2D eigenvalue weighted by Gasteiger charge is -2.07. The Labute approximate surface area is 131 Å². The molecule has 0 aliphatic carbocycles. The topological polar surface area (TPSA) is 47.3 Å². The number of methoxy groups -OCH3 is 1. The van der Waals surface area contributed by atoms with Crippen LogP contribution in [-0.2, 0) is 11.3 Å². The van der Waals surface area contributed by atoms with E-state index in [2.05, 4.69) is 44.4 Å². The Morgan fingerprint density at radius 3 is 2.95 bits per heavy atom. The number of aromatic nitrogens is 1. The zero-order valence-corrected chi connectivity index (χ0v) is 13.9. The standard InChI is InChI=1S/C14H17BrN2O2S/c1-10-9-19-14(17-10)20-12-4-3-11(13(15)7-12)8-16-5-6-18-2/h3-4,7,9,16H,5-6,8H2,1-2H3. The van der Waals surface area contributed by atoms with Crippen LogP contribution in [0.5, 0.6) is 0 Å². The number of hydrogen-bond acceptors (Lipinski definition) is 5. The molecule has 2 rings (SSSR count). The van der Waals surface area contributed by atoms with Crippen molar-refractivity contribution < 1.29 is 9.15 Å². The number of nitrogens with one attached hydrogen (secondary N) is 1. The number of ether oxygens (including phenoxy) is 1. The van der Waals surface area contributed by atoms with E-state index in [9.17, 15) is 0 Å². The van der Waals surface area contributed by atoms with Crippen LogP contribution in [0.4, 0.5) is 0 Å². The molecule has 0 fully saturated rings. The first-order valence-corrected chi connectivity index (χ1v) is 7.88. The predicted molar refractivity (Wildman–Crippen MR) is 83.1 cm³/mol. The van der Waals surface area contributed by atoms with Gasteiger partial charge < -0.3 is 14.5 Å². The molecule has 1 aromatic heterocycles. The lowest BCUT2D eigenvalue weighted by atomic mass is 10.2. The lowest BCUT2D eigenvalue weighted by molar-refractivity contribution is 0.199. The SMILES string of the molecule is COCCNCc1ccc(Sc2nc(C)co2)cc1Br. The van der Waals surface area contributed by atoms with Gasteiger partial charge in [0.25, 0.3) is 5.22 Å². The van der Waals surface area contributed by atoms with Crippen LogP contribution in [0.1, 0.15) is 11.3 Å². The first-order valence-electron chi connectivity index (χ1n) is 6.27. The van der Waals surface area contributed by atoms with Gasteiger partial charge in [-0.1, -0.05) is 22.0 Å². The normalized spacial score (nSPS) is 10.9. The van der Waals surface area contributed by atoms with Gasteiger partial charge in [-0.25, -0.2) is 4.98 Å². The third-order valence-electron chi connectivity index (χ3n) is 2.63. The summed E-state index contributed by atoms with van der Waals surface area (Å²) in [4.78, 5) is 5.38. The Bertz CT molecular complexity index is 560. The number of rotatable bonds is 7. The molecule has 2 aromatic rings. The van der Waals surface area contributed by atoms with Gasteiger partial charge in [-0.15, -0.1) is 0 Å². The summed E-state index contributed by atoms with van der Waals surface area (Å²) in [6.45, 7) is 4.29. The van der Waals surface area contributed by atoms with Crippen LogP contribution in [0.3, 0.4) is 0 Å². The molecule has 1 heterocycles. The zero-order valence-electron chi connectivity index (χ0n) is 11.5. The Kier molecular flexibility index (Phi) is 6.09. The molecule has 4 nitrogen and oxygen atoms in total. The molecule has 0 unspecified atom stereocenters. The van der Waals surface area contributed by atoms with E-state index in [0.29, 0.717) is 5.22 Å². The number of oxazole rings is 1. The van der Waals surface area contributed by atoms with Gasteiger partial charge in [0, 0.05) is 29.6 Å². The molecule has 1 N–H and O–H groups in total. The summed E-state index contributed by atoms with van der Waals surface area (Å²) in [7, 11) is 1.70. The molecule has 0 spiro atoms. The predicted octanol–water partition coefficient (Wildman–Crippen LogP) is 3.63. The number of nitrogens with zero attached hydrogens (tertiary/aromatic N) is 1. The van der Waals surface area contributed by atoms with Gasteiger partial charge in [-0.3, -0.25) is 0 Å². The quantitative estimate of drug-likeness (QED) is 0.767. The molecule has 108 valence electrons.